The topological polar surface area (TPSA) is 87.6 Å². The average molecular weight is 428 g/mol. The van der Waals surface area contributed by atoms with Gasteiger partial charge in [-0.1, -0.05) is 17.7 Å². The molecule has 0 atom stereocenters. The molecule has 1 fully saturated rings. The molecule has 7 heteroatoms. The average Bonchev–Trinajstić information content (AvgIpc) is 2.69. The number of hydrogen-bond donors (Lipinski definition) is 2. The normalized spacial score (nSPS) is 15.8. The Morgan fingerprint density at radius 3 is 2.37 bits per heavy atom. The zero-order valence-electron chi connectivity index (χ0n) is 18.0. The second-order valence-electron chi connectivity index (χ2n) is 7.98. The van der Waals surface area contributed by atoms with Crippen LogP contribution in [0.15, 0.2) is 45.7 Å². The van der Waals surface area contributed by atoms with Gasteiger partial charge in [-0.3, -0.25) is 4.79 Å². The molecule has 6 nitrogen and oxygen atoms in total. The maximum absolute atomic E-state index is 12.8. The molecule has 1 amide bonds. The minimum Gasteiger partial charge on any atom is -0.322 e. The molecule has 0 unspecified atom stereocenters. The van der Waals surface area contributed by atoms with E-state index in [1.807, 2.05) is 26.0 Å². The van der Waals surface area contributed by atoms with E-state index in [2.05, 4.69) is 15.0 Å². The Morgan fingerprint density at radius 1 is 1.03 bits per heavy atom. The molecule has 2 N–H and O–H groups in total. The summed E-state index contributed by atoms with van der Waals surface area (Å²) in [5.41, 5.74) is 4.49. The van der Waals surface area contributed by atoms with E-state index in [4.69, 9.17) is 0 Å². The minimum absolute atomic E-state index is 0.137. The lowest BCUT2D eigenvalue weighted by Crippen LogP contribution is -2.31. The van der Waals surface area contributed by atoms with Crippen LogP contribution in [0.5, 0.6) is 0 Å². The lowest BCUT2D eigenvalue weighted by atomic mass is 9.94. The second-order valence-corrected chi connectivity index (χ2v) is 9.59. The van der Waals surface area contributed by atoms with Gasteiger partial charge in [0.1, 0.15) is 0 Å². The summed E-state index contributed by atoms with van der Waals surface area (Å²) in [6.45, 7) is 9.20. The lowest BCUT2D eigenvalue weighted by molar-refractivity contribution is 0.102. The maximum atomic E-state index is 12.8. The monoisotopic (exact) mass is 427 g/mol. The van der Waals surface area contributed by atoms with Gasteiger partial charge < -0.3 is 10.6 Å². The summed E-state index contributed by atoms with van der Waals surface area (Å²) in [5.74, 6) is -0.0237. The van der Waals surface area contributed by atoms with Crippen molar-refractivity contribution < 1.29 is 13.2 Å². The highest BCUT2D eigenvalue weighted by Gasteiger charge is 2.21. The molecule has 3 rings (SSSR count). The third-order valence-electron chi connectivity index (χ3n) is 5.56. The van der Waals surface area contributed by atoms with Crippen LogP contribution in [0.2, 0.25) is 0 Å². The minimum atomic E-state index is -3.79. The van der Waals surface area contributed by atoms with Crippen LogP contribution in [0.25, 0.3) is 0 Å². The van der Waals surface area contributed by atoms with Gasteiger partial charge in [-0.2, -0.15) is 12.8 Å². The maximum Gasteiger partial charge on any atom is 0.282 e. The van der Waals surface area contributed by atoms with Gasteiger partial charge in [-0.05, 0) is 89.0 Å². The fourth-order valence-corrected chi connectivity index (χ4v) is 4.95. The zero-order chi connectivity index (χ0) is 21.9. The summed E-state index contributed by atoms with van der Waals surface area (Å²) in [6.07, 6.45) is 1.79. The number of nitrogens with one attached hydrogen (secondary N) is 2. The van der Waals surface area contributed by atoms with Crippen molar-refractivity contribution in [2.24, 2.45) is 10.3 Å². The van der Waals surface area contributed by atoms with Crippen molar-refractivity contribution in [1.29, 1.82) is 0 Å². The van der Waals surface area contributed by atoms with Gasteiger partial charge >= 0.3 is 0 Å². The molecule has 1 aliphatic heterocycles. The summed E-state index contributed by atoms with van der Waals surface area (Å²) in [4.78, 5) is 12.8. The highest BCUT2D eigenvalue weighted by molar-refractivity contribution is 7.90. The fourth-order valence-electron chi connectivity index (χ4n) is 3.75. The number of hydrogen-bond acceptors (Lipinski definition) is 4. The first-order valence-corrected chi connectivity index (χ1v) is 11.6. The lowest BCUT2D eigenvalue weighted by Gasteiger charge is -2.22. The predicted octanol–water partition coefficient (Wildman–Crippen LogP) is 4.01. The highest BCUT2D eigenvalue weighted by atomic mass is 32.2. The van der Waals surface area contributed by atoms with E-state index in [-0.39, 0.29) is 16.7 Å². The molecular weight excluding hydrogens is 398 g/mol. The third kappa shape index (κ3) is 5.15. The van der Waals surface area contributed by atoms with Gasteiger partial charge in [-0.15, -0.1) is 0 Å². The van der Waals surface area contributed by atoms with Gasteiger partial charge in [0, 0.05) is 22.9 Å². The Labute approximate surface area is 178 Å². The van der Waals surface area contributed by atoms with Crippen LogP contribution in [0, 0.1) is 26.7 Å². The summed E-state index contributed by atoms with van der Waals surface area (Å²) in [7, 11) is -3.79. The van der Waals surface area contributed by atoms with Crippen LogP contribution in [0.1, 0.15) is 46.8 Å². The van der Waals surface area contributed by atoms with Crippen LogP contribution in [0.4, 0.5) is 5.69 Å². The van der Waals surface area contributed by atoms with Crippen molar-refractivity contribution in [1.82, 2.24) is 5.32 Å². The summed E-state index contributed by atoms with van der Waals surface area (Å²) < 4.78 is 29.6. The third-order valence-corrected chi connectivity index (χ3v) is 6.94. The second kappa shape index (κ2) is 9.10. The number of anilines is 1. The molecule has 160 valence electrons. The van der Waals surface area contributed by atoms with E-state index in [0.717, 1.165) is 37.1 Å². The number of benzene rings is 2. The Bertz CT molecular complexity index is 1080. The molecule has 0 saturated carbocycles. The molecule has 0 spiro atoms. The van der Waals surface area contributed by atoms with Crippen LogP contribution >= 0.6 is 0 Å². The first-order valence-electron chi connectivity index (χ1n) is 10.2. The molecule has 0 radical (unpaired) electrons. The quantitative estimate of drug-likeness (QED) is 0.706. The van der Waals surface area contributed by atoms with Gasteiger partial charge in [0.2, 0.25) is 0 Å². The number of piperidine rings is 1. The van der Waals surface area contributed by atoms with E-state index in [1.165, 1.54) is 6.07 Å². The summed E-state index contributed by atoms with van der Waals surface area (Å²) in [5, 5.41) is 6.15. The molecule has 0 bridgehead atoms. The smallest absolute Gasteiger partial charge is 0.282 e. The van der Waals surface area contributed by atoms with Crippen molar-refractivity contribution >= 4 is 27.3 Å². The standard InChI is InChI=1S/C23H29N3O3S/c1-15-5-7-21(16(2)13-15)23(27)25-22-8-6-20(14-17(22)3)30(28,29)26-18(4)19-9-11-24-12-10-19/h5-8,13-14,19,24H,9-12H2,1-4H3,(H,25,27). The Morgan fingerprint density at radius 2 is 1.73 bits per heavy atom. The highest BCUT2D eigenvalue weighted by Crippen LogP contribution is 2.24. The van der Waals surface area contributed by atoms with Crippen LogP contribution in [0.3, 0.4) is 0 Å². The SMILES string of the molecule is CC(=NS(=O)(=O)c1ccc(NC(=O)c2ccc(C)cc2C)c(C)c1)C1CCNCC1. The molecule has 1 aliphatic rings. The number of amides is 1. The molecule has 2 aromatic rings. The van der Waals surface area contributed by atoms with E-state index in [0.29, 0.717) is 22.5 Å². The molecule has 2 aromatic carbocycles. The number of nitrogens with zero attached hydrogens (tertiary/aromatic N) is 1. The van der Waals surface area contributed by atoms with Gasteiger partial charge in [-0.25, -0.2) is 0 Å². The zero-order valence-corrected chi connectivity index (χ0v) is 18.8. The number of carbonyl (C=O) groups excluding carboxylic acids is 1. The van der Waals surface area contributed by atoms with E-state index in [9.17, 15) is 13.2 Å². The number of carbonyl (C=O) groups is 1. The van der Waals surface area contributed by atoms with Crippen molar-refractivity contribution in [3.63, 3.8) is 0 Å². The van der Waals surface area contributed by atoms with Gasteiger partial charge in [0.15, 0.2) is 0 Å². The Kier molecular flexibility index (Phi) is 6.73. The van der Waals surface area contributed by atoms with Crippen molar-refractivity contribution in [2.45, 2.75) is 45.4 Å². The van der Waals surface area contributed by atoms with E-state index >= 15 is 0 Å². The molecule has 30 heavy (non-hydrogen) atoms. The van der Waals surface area contributed by atoms with Crippen LogP contribution in [-0.4, -0.2) is 33.1 Å². The van der Waals surface area contributed by atoms with Gasteiger partial charge in [0.25, 0.3) is 15.9 Å². The fraction of sp³-hybridized carbons (Fsp3) is 0.391. The van der Waals surface area contributed by atoms with E-state index < -0.39 is 10.0 Å². The Balaban J connectivity index is 1.79. The number of aryl methyl sites for hydroxylation is 3. The first kappa shape index (κ1) is 22.2. The van der Waals surface area contributed by atoms with Crippen molar-refractivity contribution in [3.05, 3.63) is 58.7 Å². The van der Waals surface area contributed by atoms with Crippen LogP contribution in [-0.2, 0) is 10.0 Å². The molecule has 0 aromatic heterocycles. The molecule has 1 saturated heterocycles. The number of rotatable bonds is 5. The molecule has 1 heterocycles. The number of sulfonamides is 1. The largest absolute Gasteiger partial charge is 0.322 e. The summed E-state index contributed by atoms with van der Waals surface area (Å²) in [6, 6.07) is 10.3. The van der Waals surface area contributed by atoms with E-state index in [1.54, 1.807) is 32.0 Å². The van der Waals surface area contributed by atoms with Crippen molar-refractivity contribution in [2.75, 3.05) is 18.4 Å². The molecule has 0 aliphatic carbocycles. The summed E-state index contributed by atoms with van der Waals surface area (Å²) >= 11 is 0. The Hall–Kier alpha value is -2.51. The van der Waals surface area contributed by atoms with Crippen molar-refractivity contribution in [3.8, 4) is 0 Å². The predicted molar refractivity (Wildman–Crippen MR) is 121 cm³/mol. The first-order chi connectivity index (χ1) is 14.2. The van der Waals surface area contributed by atoms with Crippen LogP contribution < -0.4 is 10.6 Å². The van der Waals surface area contributed by atoms with Gasteiger partial charge in [0.05, 0.1) is 4.90 Å². The molecular formula is C23H29N3O3S.